The van der Waals surface area contributed by atoms with E-state index in [2.05, 4.69) is 4.98 Å². The Morgan fingerprint density at radius 3 is 3.00 bits per heavy atom. The van der Waals surface area contributed by atoms with Crippen LogP contribution < -0.4 is 0 Å². The number of ether oxygens (including phenoxy) is 1. The maximum absolute atomic E-state index is 13.3. The SMILES string of the molecule is Cc1ncsc1C(COC=O)c1cccc(F)c1. The quantitative estimate of drug-likeness (QED) is 0.780. The van der Waals surface area contributed by atoms with Crippen LogP contribution in [0.15, 0.2) is 29.8 Å². The van der Waals surface area contributed by atoms with Gasteiger partial charge in [-0.15, -0.1) is 11.3 Å². The zero-order valence-corrected chi connectivity index (χ0v) is 10.6. The second kappa shape index (κ2) is 5.73. The summed E-state index contributed by atoms with van der Waals surface area (Å²) in [6.07, 6.45) is 0. The molecule has 0 bridgehead atoms. The molecule has 2 rings (SSSR count). The zero-order chi connectivity index (χ0) is 13.0. The second-order valence-electron chi connectivity index (χ2n) is 3.84. The van der Waals surface area contributed by atoms with Crippen molar-refractivity contribution in [2.45, 2.75) is 12.8 Å². The van der Waals surface area contributed by atoms with Gasteiger partial charge in [0.25, 0.3) is 6.47 Å². The van der Waals surface area contributed by atoms with Gasteiger partial charge < -0.3 is 4.74 Å². The summed E-state index contributed by atoms with van der Waals surface area (Å²) in [5.41, 5.74) is 3.39. The van der Waals surface area contributed by atoms with Gasteiger partial charge >= 0.3 is 0 Å². The summed E-state index contributed by atoms with van der Waals surface area (Å²) in [4.78, 5) is 15.5. The fourth-order valence-electron chi connectivity index (χ4n) is 1.83. The second-order valence-corrected chi connectivity index (χ2v) is 4.73. The summed E-state index contributed by atoms with van der Waals surface area (Å²) in [5, 5.41) is 0. The average Bonchev–Trinajstić information content (AvgIpc) is 2.77. The minimum Gasteiger partial charge on any atom is -0.467 e. The van der Waals surface area contributed by atoms with Crippen molar-refractivity contribution >= 4 is 17.8 Å². The van der Waals surface area contributed by atoms with Gasteiger partial charge in [0.1, 0.15) is 12.4 Å². The van der Waals surface area contributed by atoms with E-state index in [9.17, 15) is 9.18 Å². The van der Waals surface area contributed by atoms with Crippen LogP contribution in [0.1, 0.15) is 22.1 Å². The summed E-state index contributed by atoms with van der Waals surface area (Å²) in [7, 11) is 0. The van der Waals surface area contributed by atoms with E-state index in [1.165, 1.54) is 23.5 Å². The molecule has 18 heavy (non-hydrogen) atoms. The molecule has 3 nitrogen and oxygen atoms in total. The highest BCUT2D eigenvalue weighted by Gasteiger charge is 2.19. The molecule has 1 aromatic carbocycles. The van der Waals surface area contributed by atoms with Gasteiger partial charge in [0.15, 0.2) is 0 Å². The normalized spacial score (nSPS) is 12.1. The maximum atomic E-state index is 13.3. The largest absolute Gasteiger partial charge is 0.467 e. The van der Waals surface area contributed by atoms with E-state index in [1.807, 2.05) is 13.0 Å². The molecule has 0 aliphatic carbocycles. The average molecular weight is 265 g/mol. The lowest BCUT2D eigenvalue weighted by Crippen LogP contribution is -2.09. The number of halogens is 1. The molecule has 0 radical (unpaired) electrons. The summed E-state index contributed by atoms with van der Waals surface area (Å²) < 4.78 is 18.1. The number of hydrogen-bond donors (Lipinski definition) is 0. The molecular formula is C13H12FNO2S. The number of benzene rings is 1. The van der Waals surface area contributed by atoms with Gasteiger partial charge in [-0.1, -0.05) is 12.1 Å². The molecule has 5 heteroatoms. The highest BCUT2D eigenvalue weighted by atomic mass is 32.1. The van der Waals surface area contributed by atoms with E-state index in [4.69, 9.17) is 4.74 Å². The summed E-state index contributed by atoms with van der Waals surface area (Å²) >= 11 is 1.48. The van der Waals surface area contributed by atoms with Crippen molar-refractivity contribution in [2.75, 3.05) is 6.61 Å². The van der Waals surface area contributed by atoms with Crippen LogP contribution in [0.5, 0.6) is 0 Å². The molecule has 1 heterocycles. The number of nitrogens with zero attached hydrogens (tertiary/aromatic N) is 1. The first-order valence-corrected chi connectivity index (χ1v) is 6.31. The number of carbonyl (C=O) groups excluding carboxylic acids is 1. The highest BCUT2D eigenvalue weighted by molar-refractivity contribution is 7.09. The van der Waals surface area contributed by atoms with Gasteiger partial charge in [-0.25, -0.2) is 9.37 Å². The molecule has 0 spiro atoms. The predicted octanol–water partition coefficient (Wildman–Crippen LogP) is 2.90. The minimum absolute atomic E-state index is 0.168. The molecule has 94 valence electrons. The first kappa shape index (κ1) is 12.7. The fourth-order valence-corrected chi connectivity index (χ4v) is 2.74. The lowest BCUT2D eigenvalue weighted by atomic mass is 9.97. The van der Waals surface area contributed by atoms with E-state index >= 15 is 0 Å². The summed E-state index contributed by atoms with van der Waals surface area (Å²) in [5.74, 6) is -0.468. The van der Waals surface area contributed by atoms with Crippen molar-refractivity contribution < 1.29 is 13.9 Å². The van der Waals surface area contributed by atoms with E-state index in [-0.39, 0.29) is 18.3 Å². The van der Waals surface area contributed by atoms with Crippen LogP contribution >= 0.6 is 11.3 Å². The summed E-state index contributed by atoms with van der Waals surface area (Å²) in [6, 6.07) is 6.31. The number of aromatic nitrogens is 1. The van der Waals surface area contributed by atoms with Gasteiger partial charge in [0, 0.05) is 4.88 Å². The number of carbonyl (C=O) groups is 1. The van der Waals surface area contributed by atoms with E-state index < -0.39 is 0 Å². The third-order valence-corrected chi connectivity index (χ3v) is 3.73. The third kappa shape index (κ3) is 2.73. The van der Waals surface area contributed by atoms with Crippen molar-refractivity contribution in [1.82, 2.24) is 4.98 Å². The predicted molar refractivity (Wildman–Crippen MR) is 67.1 cm³/mol. The molecule has 0 amide bonds. The number of thiazole rings is 1. The first-order chi connectivity index (χ1) is 8.72. The Bertz CT molecular complexity index is 541. The molecule has 0 aliphatic heterocycles. The molecular weight excluding hydrogens is 253 g/mol. The number of rotatable bonds is 5. The van der Waals surface area contributed by atoms with Crippen LogP contribution in [0.25, 0.3) is 0 Å². The molecule has 1 atom stereocenters. The Morgan fingerprint density at radius 2 is 2.39 bits per heavy atom. The Hall–Kier alpha value is -1.75. The van der Waals surface area contributed by atoms with Crippen LogP contribution in [0, 0.1) is 12.7 Å². The van der Waals surface area contributed by atoms with E-state index in [0.717, 1.165) is 16.1 Å². The van der Waals surface area contributed by atoms with Crippen LogP contribution in [-0.4, -0.2) is 18.1 Å². The Kier molecular flexibility index (Phi) is 4.04. The van der Waals surface area contributed by atoms with Crippen LogP contribution in [0.3, 0.4) is 0 Å². The van der Waals surface area contributed by atoms with Gasteiger partial charge in [-0.2, -0.15) is 0 Å². The van der Waals surface area contributed by atoms with Gasteiger partial charge in [-0.05, 0) is 24.6 Å². The van der Waals surface area contributed by atoms with Crippen LogP contribution in [-0.2, 0) is 9.53 Å². The highest BCUT2D eigenvalue weighted by Crippen LogP contribution is 2.30. The van der Waals surface area contributed by atoms with Gasteiger partial charge in [-0.3, -0.25) is 4.79 Å². The van der Waals surface area contributed by atoms with Crippen molar-refractivity contribution in [3.05, 3.63) is 51.7 Å². The van der Waals surface area contributed by atoms with Crippen molar-refractivity contribution in [3.8, 4) is 0 Å². The van der Waals surface area contributed by atoms with Gasteiger partial charge in [0.2, 0.25) is 0 Å². The van der Waals surface area contributed by atoms with Crippen molar-refractivity contribution in [1.29, 1.82) is 0 Å². The van der Waals surface area contributed by atoms with Crippen molar-refractivity contribution in [2.24, 2.45) is 0 Å². The molecule has 0 N–H and O–H groups in total. The van der Waals surface area contributed by atoms with Crippen LogP contribution in [0.4, 0.5) is 4.39 Å². The lowest BCUT2D eigenvalue weighted by molar-refractivity contribution is -0.128. The number of hydrogen-bond acceptors (Lipinski definition) is 4. The molecule has 0 saturated carbocycles. The fraction of sp³-hybridized carbons (Fsp3) is 0.231. The topological polar surface area (TPSA) is 39.2 Å². The lowest BCUT2D eigenvalue weighted by Gasteiger charge is -2.15. The Balaban J connectivity index is 2.36. The molecule has 1 unspecified atom stereocenters. The van der Waals surface area contributed by atoms with Gasteiger partial charge in [0.05, 0.1) is 17.1 Å². The monoisotopic (exact) mass is 265 g/mol. The third-order valence-electron chi connectivity index (χ3n) is 2.68. The Labute approximate surface area is 108 Å². The maximum Gasteiger partial charge on any atom is 0.293 e. The molecule has 0 aliphatic rings. The first-order valence-electron chi connectivity index (χ1n) is 5.43. The van der Waals surface area contributed by atoms with Crippen LogP contribution in [0.2, 0.25) is 0 Å². The van der Waals surface area contributed by atoms with Crippen molar-refractivity contribution in [3.63, 3.8) is 0 Å². The standard InChI is InChI=1S/C13H12FNO2S/c1-9-13(18-7-15-9)12(6-17-8-16)10-3-2-4-11(14)5-10/h2-5,7-8,12H,6H2,1H3. The molecule has 2 aromatic rings. The zero-order valence-electron chi connectivity index (χ0n) is 9.80. The summed E-state index contributed by atoms with van der Waals surface area (Å²) in [6.45, 7) is 2.48. The Morgan fingerprint density at radius 1 is 1.56 bits per heavy atom. The molecule has 1 aromatic heterocycles. The number of aryl methyl sites for hydroxylation is 1. The van der Waals surface area contributed by atoms with E-state index in [1.54, 1.807) is 11.6 Å². The smallest absolute Gasteiger partial charge is 0.293 e. The molecule has 0 saturated heterocycles. The minimum atomic E-state index is -0.300. The van der Waals surface area contributed by atoms with E-state index in [0.29, 0.717) is 6.47 Å². The molecule has 0 fully saturated rings.